The van der Waals surface area contributed by atoms with Gasteiger partial charge < -0.3 is 15.4 Å². The molecule has 0 radical (unpaired) electrons. The molecule has 0 unspecified atom stereocenters. The van der Waals surface area contributed by atoms with E-state index < -0.39 is 15.9 Å². The smallest absolute Gasteiger partial charge is 0.270 e. The number of ether oxygens (including phenoxy) is 1. The zero-order valence-corrected chi connectivity index (χ0v) is 25.4. The van der Waals surface area contributed by atoms with E-state index in [-0.39, 0.29) is 28.2 Å². The highest BCUT2D eigenvalue weighted by molar-refractivity contribution is 7.92. The minimum absolute atomic E-state index is 0.0586. The summed E-state index contributed by atoms with van der Waals surface area (Å²) in [6, 6.07) is 8.66. The van der Waals surface area contributed by atoms with Crippen LogP contribution >= 0.6 is 0 Å². The van der Waals surface area contributed by atoms with E-state index in [1.54, 1.807) is 41.5 Å². The molecule has 0 fully saturated rings. The topological polar surface area (TPSA) is 141 Å². The van der Waals surface area contributed by atoms with Crippen LogP contribution in [0, 0.1) is 12.3 Å². The van der Waals surface area contributed by atoms with Crippen molar-refractivity contribution in [2.24, 2.45) is 5.41 Å². The summed E-state index contributed by atoms with van der Waals surface area (Å²) in [5, 5.41) is 7.41. The van der Waals surface area contributed by atoms with Gasteiger partial charge in [0.25, 0.3) is 11.8 Å². The number of nitrogens with one attached hydrogen (secondary N) is 5. The molecule has 0 bridgehead atoms. The van der Waals surface area contributed by atoms with Crippen molar-refractivity contribution in [3.05, 3.63) is 58.9 Å². The zero-order chi connectivity index (χ0) is 30.0. The summed E-state index contributed by atoms with van der Waals surface area (Å²) in [5.74, 6) is -0.477. The molecule has 0 saturated heterocycles. The van der Waals surface area contributed by atoms with Crippen LogP contribution < -0.4 is 36.1 Å². The van der Waals surface area contributed by atoms with E-state index >= 15 is 0 Å². The van der Waals surface area contributed by atoms with Crippen molar-refractivity contribution in [1.29, 1.82) is 0 Å². The number of sulfonamides is 1. The number of hydrazine groups is 2. The number of hydrogen-bond acceptors (Lipinski definition) is 8. The molecule has 2 amide bonds. The Balaban J connectivity index is 1.91. The molecular weight excluding hydrogens is 532 g/mol. The van der Waals surface area contributed by atoms with Crippen molar-refractivity contribution >= 4 is 38.9 Å². The molecule has 12 heteroatoms. The Hall–Kier alpha value is -3.77. The van der Waals surface area contributed by atoms with Crippen molar-refractivity contribution in [1.82, 2.24) is 16.3 Å². The first-order valence-electron chi connectivity index (χ1n) is 12.8. The molecule has 11 nitrogen and oxygen atoms in total. The van der Waals surface area contributed by atoms with E-state index in [4.69, 9.17) is 4.74 Å². The number of anilines is 3. The summed E-state index contributed by atoms with van der Waals surface area (Å²) in [6.07, 6.45) is 2.68. The molecule has 1 aliphatic rings. The zero-order valence-electron chi connectivity index (χ0n) is 24.6. The highest BCUT2D eigenvalue weighted by Gasteiger charge is 2.24. The molecule has 2 aromatic carbocycles. The van der Waals surface area contributed by atoms with Gasteiger partial charge in [-0.25, -0.2) is 8.42 Å². The van der Waals surface area contributed by atoms with Crippen molar-refractivity contribution in [3.8, 4) is 5.75 Å². The molecule has 0 atom stereocenters. The number of carbonyl (C=O) groups is 2. The molecule has 0 spiro atoms. The second-order valence-corrected chi connectivity index (χ2v) is 13.8. The Kier molecular flexibility index (Phi) is 8.75. The van der Waals surface area contributed by atoms with Crippen LogP contribution in [0.1, 0.15) is 63.0 Å². The predicted octanol–water partition coefficient (Wildman–Crippen LogP) is 3.76. The lowest BCUT2D eigenvalue weighted by Gasteiger charge is -2.24. The van der Waals surface area contributed by atoms with Crippen LogP contribution in [0.25, 0.3) is 0 Å². The van der Waals surface area contributed by atoms with Gasteiger partial charge in [0.1, 0.15) is 5.70 Å². The van der Waals surface area contributed by atoms with Crippen molar-refractivity contribution in [2.75, 3.05) is 35.0 Å². The fourth-order valence-electron chi connectivity index (χ4n) is 3.85. The van der Waals surface area contributed by atoms with Gasteiger partial charge in [0.15, 0.2) is 5.75 Å². The molecule has 0 saturated carbocycles. The molecule has 2 aromatic rings. The average molecular weight is 573 g/mol. The maximum Gasteiger partial charge on any atom is 0.270 e. The largest absolute Gasteiger partial charge is 0.492 e. The second kappa shape index (κ2) is 11.4. The lowest BCUT2D eigenvalue weighted by Crippen LogP contribution is -2.40. The molecule has 5 N–H and O–H groups in total. The van der Waals surface area contributed by atoms with Gasteiger partial charge in [-0.1, -0.05) is 47.6 Å². The Labute approximate surface area is 236 Å². The number of rotatable bonds is 8. The van der Waals surface area contributed by atoms with E-state index in [1.165, 1.54) is 7.11 Å². The Morgan fingerprint density at radius 2 is 1.65 bits per heavy atom. The van der Waals surface area contributed by atoms with Crippen LogP contribution in [0.4, 0.5) is 17.1 Å². The standard InChI is InChI=1S/C28H40N6O5S/c1-17-10-11-18(12-23(17)34-15-22(31-33-34)26(36)29-16-27(2,3)4)25(35)30-20-13-19(28(5,6)7)14-21(24(20)39-8)32-40(9,37)38/h10-15,31-33H,16H2,1-9H3,(H,29,36)(H,30,35). The van der Waals surface area contributed by atoms with E-state index in [1.807, 2.05) is 48.5 Å². The highest BCUT2D eigenvalue weighted by Crippen LogP contribution is 2.39. The Morgan fingerprint density at radius 3 is 2.23 bits per heavy atom. The van der Waals surface area contributed by atoms with E-state index in [9.17, 15) is 18.0 Å². The summed E-state index contributed by atoms with van der Waals surface area (Å²) in [4.78, 5) is 26.0. The number of nitrogens with zero attached hydrogens (tertiary/aromatic N) is 1. The number of carbonyl (C=O) groups excluding carboxylic acids is 2. The van der Waals surface area contributed by atoms with Gasteiger partial charge in [0.2, 0.25) is 10.0 Å². The summed E-state index contributed by atoms with van der Waals surface area (Å²) in [5.41, 5.74) is 8.99. The summed E-state index contributed by atoms with van der Waals surface area (Å²) in [7, 11) is -2.20. The molecule has 1 heterocycles. The maximum atomic E-state index is 13.4. The lowest BCUT2D eigenvalue weighted by atomic mass is 9.86. The number of aryl methyl sites for hydroxylation is 1. The number of benzene rings is 2. The maximum absolute atomic E-state index is 13.4. The van der Waals surface area contributed by atoms with Crippen molar-refractivity contribution < 1.29 is 22.7 Å². The van der Waals surface area contributed by atoms with E-state index in [0.29, 0.717) is 29.2 Å². The molecule has 40 heavy (non-hydrogen) atoms. The van der Waals surface area contributed by atoms with Crippen LogP contribution in [0.5, 0.6) is 5.75 Å². The fourth-order valence-corrected chi connectivity index (χ4v) is 4.41. The monoisotopic (exact) mass is 572 g/mol. The first-order chi connectivity index (χ1) is 18.4. The van der Waals surface area contributed by atoms with Gasteiger partial charge in [-0.05, 0) is 53.1 Å². The average Bonchev–Trinajstić information content (AvgIpc) is 3.30. The minimum atomic E-state index is -3.61. The lowest BCUT2D eigenvalue weighted by molar-refractivity contribution is -0.118. The van der Waals surface area contributed by atoms with Crippen LogP contribution in [0.15, 0.2) is 42.2 Å². The summed E-state index contributed by atoms with van der Waals surface area (Å²) in [6.45, 7) is 14.5. The fraction of sp³-hybridized carbons (Fsp3) is 0.429. The normalized spacial score (nSPS) is 13.8. The molecule has 1 aliphatic heterocycles. The first kappa shape index (κ1) is 30.8. The summed E-state index contributed by atoms with van der Waals surface area (Å²) >= 11 is 0. The van der Waals surface area contributed by atoms with Crippen molar-refractivity contribution in [2.45, 2.75) is 53.9 Å². The third-order valence-corrected chi connectivity index (χ3v) is 6.62. The van der Waals surface area contributed by atoms with E-state index in [0.717, 1.165) is 17.4 Å². The third kappa shape index (κ3) is 7.89. The SMILES string of the molecule is COc1c(NC(=O)c2ccc(C)c(N3C=C(C(=O)NCC(C)(C)C)NN3)c2)cc(C(C)(C)C)cc1NS(C)(=O)=O. The van der Waals surface area contributed by atoms with E-state index in [2.05, 4.69) is 26.3 Å². The number of methoxy groups -OCH3 is 1. The third-order valence-electron chi connectivity index (χ3n) is 6.03. The number of hydrogen-bond donors (Lipinski definition) is 5. The second-order valence-electron chi connectivity index (χ2n) is 12.1. The molecule has 3 rings (SSSR count). The van der Waals surface area contributed by atoms with Gasteiger partial charge in [0, 0.05) is 12.1 Å². The molecule has 0 aromatic heterocycles. The Bertz CT molecular complexity index is 1440. The van der Waals surface area contributed by atoms with Gasteiger partial charge in [-0.3, -0.25) is 24.7 Å². The summed E-state index contributed by atoms with van der Waals surface area (Å²) < 4.78 is 32.0. The van der Waals surface area contributed by atoms with Crippen LogP contribution in [0.2, 0.25) is 0 Å². The minimum Gasteiger partial charge on any atom is -0.492 e. The molecular formula is C28H40N6O5S. The Morgan fingerprint density at radius 1 is 1.00 bits per heavy atom. The van der Waals surface area contributed by atoms with Gasteiger partial charge in [-0.15, -0.1) is 5.53 Å². The van der Waals surface area contributed by atoms with Crippen LogP contribution in [0.3, 0.4) is 0 Å². The highest BCUT2D eigenvalue weighted by atomic mass is 32.2. The predicted molar refractivity (Wildman–Crippen MR) is 159 cm³/mol. The van der Waals surface area contributed by atoms with Gasteiger partial charge in [0.05, 0.1) is 36.6 Å². The van der Waals surface area contributed by atoms with Crippen LogP contribution in [-0.4, -0.2) is 40.1 Å². The van der Waals surface area contributed by atoms with Crippen molar-refractivity contribution in [3.63, 3.8) is 0 Å². The van der Waals surface area contributed by atoms with Gasteiger partial charge >= 0.3 is 0 Å². The van der Waals surface area contributed by atoms with Gasteiger partial charge in [-0.2, -0.15) is 0 Å². The molecule has 0 aliphatic carbocycles. The quantitative estimate of drug-likeness (QED) is 0.322. The first-order valence-corrected chi connectivity index (χ1v) is 14.7. The van der Waals surface area contributed by atoms with Crippen LogP contribution in [-0.2, 0) is 20.2 Å². The molecule has 218 valence electrons. The number of amides is 2.